The molecule has 0 aliphatic rings. The van der Waals surface area contributed by atoms with Crippen molar-refractivity contribution in [3.8, 4) is 0 Å². The molecule has 0 unspecified atom stereocenters. The van der Waals surface area contributed by atoms with Gasteiger partial charge in [0.2, 0.25) is 10.0 Å². The number of carbonyl (C=O) groups excluding carboxylic acids is 1. The smallest absolute Gasteiger partial charge is 0.241 e. The largest absolute Gasteiger partial charge is 0.415 e. The van der Waals surface area contributed by atoms with E-state index in [1.807, 2.05) is 0 Å². The van der Waals surface area contributed by atoms with E-state index < -0.39 is 24.4 Å². The average Bonchev–Trinajstić information content (AvgIpc) is 2.43. The highest BCUT2D eigenvalue weighted by Gasteiger charge is 2.38. The Morgan fingerprint density at radius 2 is 1.74 bits per heavy atom. The lowest BCUT2D eigenvalue weighted by molar-refractivity contribution is -0.119. The molecule has 5 nitrogen and oxygen atoms in total. The first-order chi connectivity index (χ1) is 10.4. The summed E-state index contributed by atoms with van der Waals surface area (Å²) in [5.74, 6) is -0.261. The van der Waals surface area contributed by atoms with E-state index >= 15 is 0 Å². The molecule has 1 rings (SSSR count). The SMILES string of the molecule is CC(=O)[C@H](CO[Si](C)(C)C(C)(C)C)NS(=O)(=O)c1ccccc1. The number of benzene rings is 1. The summed E-state index contributed by atoms with van der Waals surface area (Å²) in [6.07, 6.45) is 0. The number of hydrogen-bond donors (Lipinski definition) is 1. The number of rotatable bonds is 7. The van der Waals surface area contributed by atoms with E-state index in [9.17, 15) is 13.2 Å². The van der Waals surface area contributed by atoms with Crippen LogP contribution in [0, 0.1) is 0 Å². The molecule has 1 aromatic carbocycles. The van der Waals surface area contributed by atoms with Gasteiger partial charge in [0.25, 0.3) is 0 Å². The van der Waals surface area contributed by atoms with E-state index in [0.29, 0.717) is 0 Å². The molecule has 0 aliphatic heterocycles. The first kappa shape index (κ1) is 20.0. The predicted octanol–water partition coefficient (Wildman–Crippen LogP) is 2.94. The minimum absolute atomic E-state index is 0.00730. The summed E-state index contributed by atoms with van der Waals surface area (Å²) in [5.41, 5.74) is 0. The van der Waals surface area contributed by atoms with Crippen LogP contribution in [0.3, 0.4) is 0 Å². The zero-order valence-corrected chi connectivity index (χ0v) is 16.5. The zero-order valence-electron chi connectivity index (χ0n) is 14.7. The highest BCUT2D eigenvalue weighted by Crippen LogP contribution is 2.36. The third kappa shape index (κ3) is 5.52. The molecule has 0 aromatic heterocycles. The second-order valence-electron chi connectivity index (χ2n) is 7.17. The molecule has 0 radical (unpaired) electrons. The summed E-state index contributed by atoms with van der Waals surface area (Å²) in [7, 11) is -5.80. The summed E-state index contributed by atoms with van der Waals surface area (Å²) in [5, 5.41) is -0.00730. The Labute approximate surface area is 140 Å². The Kier molecular flexibility index (Phi) is 6.31. The molecule has 0 saturated carbocycles. The minimum Gasteiger partial charge on any atom is -0.415 e. The average molecular weight is 358 g/mol. The molecular weight excluding hydrogens is 330 g/mol. The number of carbonyl (C=O) groups is 1. The van der Waals surface area contributed by atoms with E-state index in [1.54, 1.807) is 18.2 Å². The van der Waals surface area contributed by atoms with Gasteiger partial charge in [0.1, 0.15) is 11.8 Å². The van der Waals surface area contributed by atoms with Crippen molar-refractivity contribution in [3.05, 3.63) is 30.3 Å². The van der Waals surface area contributed by atoms with Gasteiger partial charge in [-0.15, -0.1) is 0 Å². The molecule has 1 N–H and O–H groups in total. The van der Waals surface area contributed by atoms with Crippen molar-refractivity contribution in [1.82, 2.24) is 4.72 Å². The van der Waals surface area contributed by atoms with E-state index in [4.69, 9.17) is 4.43 Å². The Bertz CT molecular complexity index is 636. The topological polar surface area (TPSA) is 72.5 Å². The molecule has 23 heavy (non-hydrogen) atoms. The van der Waals surface area contributed by atoms with Crippen LogP contribution in [-0.4, -0.2) is 35.2 Å². The molecule has 0 aliphatic carbocycles. The summed E-state index contributed by atoms with van der Waals surface area (Å²) >= 11 is 0. The molecule has 7 heteroatoms. The number of ketones is 1. The van der Waals surface area contributed by atoms with Crippen molar-refractivity contribution >= 4 is 24.1 Å². The Balaban J connectivity index is 2.87. The summed E-state index contributed by atoms with van der Waals surface area (Å²) < 4.78 is 33.2. The van der Waals surface area contributed by atoms with Crippen molar-refractivity contribution in [2.75, 3.05) is 6.61 Å². The normalized spacial score (nSPS) is 14.5. The van der Waals surface area contributed by atoms with Crippen molar-refractivity contribution in [3.63, 3.8) is 0 Å². The maximum atomic E-state index is 12.4. The molecule has 0 amide bonds. The first-order valence-corrected chi connectivity index (χ1v) is 12.0. The second kappa shape index (κ2) is 7.25. The Hall–Kier alpha value is -1.02. The number of nitrogens with one attached hydrogen (secondary N) is 1. The molecule has 1 atom stereocenters. The van der Waals surface area contributed by atoms with Crippen molar-refractivity contribution in [1.29, 1.82) is 0 Å². The van der Waals surface area contributed by atoms with Gasteiger partial charge < -0.3 is 4.43 Å². The quantitative estimate of drug-likeness (QED) is 0.762. The molecule has 0 saturated heterocycles. The second-order valence-corrected chi connectivity index (χ2v) is 13.7. The molecule has 130 valence electrons. The predicted molar refractivity (Wildman–Crippen MR) is 94.4 cm³/mol. The fourth-order valence-electron chi connectivity index (χ4n) is 1.60. The van der Waals surface area contributed by atoms with Gasteiger partial charge in [-0.1, -0.05) is 39.0 Å². The van der Waals surface area contributed by atoms with Crippen LogP contribution in [0.25, 0.3) is 0 Å². The van der Waals surface area contributed by atoms with Crippen molar-refractivity contribution in [2.45, 2.75) is 56.8 Å². The van der Waals surface area contributed by atoms with Gasteiger partial charge >= 0.3 is 0 Å². The van der Waals surface area contributed by atoms with Crippen molar-refractivity contribution in [2.24, 2.45) is 0 Å². The highest BCUT2D eigenvalue weighted by molar-refractivity contribution is 7.89. The van der Waals surface area contributed by atoms with E-state index in [-0.39, 0.29) is 22.3 Å². The monoisotopic (exact) mass is 357 g/mol. The lowest BCUT2D eigenvalue weighted by Gasteiger charge is -2.37. The molecule has 1 aromatic rings. The van der Waals surface area contributed by atoms with Crippen molar-refractivity contribution < 1.29 is 17.6 Å². The van der Waals surface area contributed by atoms with Crippen LogP contribution in [0.4, 0.5) is 0 Å². The third-order valence-electron chi connectivity index (χ3n) is 4.26. The van der Waals surface area contributed by atoms with Crippen LogP contribution in [0.2, 0.25) is 18.1 Å². The number of Topliss-reactive ketones (excluding diaryl/α,β-unsaturated/α-hetero) is 1. The van der Waals surface area contributed by atoms with Gasteiger partial charge in [0.15, 0.2) is 8.32 Å². The molecular formula is C16H27NO4SSi. The lowest BCUT2D eigenvalue weighted by atomic mass is 10.2. The molecule has 0 fully saturated rings. The molecule has 0 heterocycles. The van der Waals surface area contributed by atoms with E-state index in [0.717, 1.165) is 0 Å². The summed E-state index contributed by atoms with van der Waals surface area (Å²) in [4.78, 5) is 12.0. The number of sulfonamides is 1. The van der Waals surface area contributed by atoms with E-state index in [1.165, 1.54) is 19.1 Å². The Morgan fingerprint density at radius 3 is 2.17 bits per heavy atom. The summed E-state index contributed by atoms with van der Waals surface area (Å²) in [6, 6.07) is 7.13. The first-order valence-electron chi connectivity index (χ1n) is 7.58. The van der Waals surface area contributed by atoms with Crippen LogP contribution in [0.5, 0.6) is 0 Å². The standard InChI is InChI=1S/C16H27NO4SSi/c1-13(18)15(12-21-23(5,6)16(2,3)4)17-22(19,20)14-10-8-7-9-11-14/h7-11,15,17H,12H2,1-6H3/t15-/m0/s1. The molecule has 0 spiro atoms. The van der Waals surface area contributed by atoms with E-state index in [2.05, 4.69) is 38.6 Å². The third-order valence-corrected chi connectivity index (χ3v) is 10.2. The van der Waals surface area contributed by atoms with Crippen LogP contribution in [-0.2, 0) is 19.2 Å². The fourth-order valence-corrected chi connectivity index (χ4v) is 3.87. The zero-order chi connectivity index (χ0) is 17.9. The van der Waals surface area contributed by atoms with Gasteiger partial charge in [-0.2, -0.15) is 4.72 Å². The van der Waals surface area contributed by atoms with Gasteiger partial charge in [-0.25, -0.2) is 8.42 Å². The maximum Gasteiger partial charge on any atom is 0.241 e. The van der Waals surface area contributed by atoms with Crippen LogP contribution >= 0.6 is 0 Å². The van der Waals surface area contributed by atoms with Gasteiger partial charge in [-0.05, 0) is 37.2 Å². The van der Waals surface area contributed by atoms with Crippen LogP contribution in [0.15, 0.2) is 35.2 Å². The Morgan fingerprint density at radius 1 is 1.22 bits per heavy atom. The lowest BCUT2D eigenvalue weighted by Crippen LogP contribution is -2.48. The number of hydrogen-bond acceptors (Lipinski definition) is 4. The maximum absolute atomic E-state index is 12.4. The minimum atomic E-state index is -3.74. The molecule has 0 bridgehead atoms. The summed E-state index contributed by atoms with van der Waals surface area (Å²) in [6.45, 7) is 11.8. The fraction of sp³-hybridized carbons (Fsp3) is 0.562. The van der Waals surface area contributed by atoms with Crippen LogP contribution in [0.1, 0.15) is 27.7 Å². The highest BCUT2D eigenvalue weighted by atomic mass is 32.2. The van der Waals surface area contributed by atoms with Gasteiger partial charge in [-0.3, -0.25) is 4.79 Å². The van der Waals surface area contributed by atoms with Gasteiger partial charge in [0, 0.05) is 0 Å². The van der Waals surface area contributed by atoms with Crippen LogP contribution < -0.4 is 4.72 Å². The van der Waals surface area contributed by atoms with Gasteiger partial charge in [0.05, 0.1) is 11.5 Å².